The fourth-order valence-electron chi connectivity index (χ4n) is 0.138. The van der Waals surface area contributed by atoms with Gasteiger partial charge in [0.05, 0.1) is 0 Å². The summed E-state index contributed by atoms with van der Waals surface area (Å²) in [7, 11) is -1.28. The summed E-state index contributed by atoms with van der Waals surface area (Å²) in [4.78, 5) is 8.23. The van der Waals surface area contributed by atoms with E-state index in [4.69, 9.17) is 16.1 Å². The second-order valence-electron chi connectivity index (χ2n) is 1.44. The molecule has 10 heavy (non-hydrogen) atoms. The molecular weight excluding hydrogens is 160 g/mol. The molecule has 0 aliphatic carbocycles. The summed E-state index contributed by atoms with van der Waals surface area (Å²) < 4.78 is 0. The highest BCUT2D eigenvalue weighted by molar-refractivity contribution is 8.26. The molecule has 0 atom stereocenters. The predicted octanol–water partition coefficient (Wildman–Crippen LogP) is -2.30. The molecule has 0 radical (unpaired) electrons. The maximum absolute atomic E-state index is 10.1. The summed E-state index contributed by atoms with van der Waals surface area (Å²) in [6.45, 7) is 0. The lowest BCUT2D eigenvalue weighted by Crippen LogP contribution is -2.48. The van der Waals surface area contributed by atoms with E-state index in [-0.39, 0.29) is 5.23 Å². The van der Waals surface area contributed by atoms with Gasteiger partial charge in [-0.1, -0.05) is 0 Å². The summed E-state index contributed by atoms with van der Waals surface area (Å²) in [5.41, 5.74) is 0. The number of nitrogens with one attached hydrogen (secondary N) is 2. The number of hydrazine groups is 1. The Morgan fingerprint density at radius 3 is 2.40 bits per heavy atom. The minimum absolute atomic E-state index is 0.152. The summed E-state index contributed by atoms with van der Waals surface area (Å²) >= 11 is 0. The molecule has 0 aromatic heterocycles. The van der Waals surface area contributed by atoms with Crippen molar-refractivity contribution in [3.8, 4) is 0 Å². The molecule has 0 heterocycles. The van der Waals surface area contributed by atoms with E-state index in [1.54, 1.807) is 0 Å². The van der Waals surface area contributed by atoms with Gasteiger partial charge in [0.25, 0.3) is 0 Å². The molecule has 8 nitrogen and oxygen atoms in total. The fraction of sp³-hybridized carbons (Fsp3) is 1.00. The molecule has 0 saturated heterocycles. The van der Waals surface area contributed by atoms with Gasteiger partial charge in [-0.2, -0.15) is 4.83 Å². The minimum Gasteiger partial charge on any atom is -0.761 e. The molecule has 8 N–H and O–H groups in total. The van der Waals surface area contributed by atoms with Crippen LogP contribution in [0.25, 0.3) is 0 Å². The normalized spacial score (nSPS) is 14.2. The molecule has 0 bridgehead atoms. The molecule has 0 aliphatic heterocycles. The molecule has 0 saturated carbocycles. The van der Waals surface area contributed by atoms with Crippen LogP contribution >= 0.6 is 10.8 Å². The first-order chi connectivity index (χ1) is 4.48. The van der Waals surface area contributed by atoms with Crippen LogP contribution in [0.1, 0.15) is 0 Å². The minimum atomic E-state index is -2.40. The second-order valence-corrected chi connectivity index (χ2v) is 3.26. The number of hydrogen-bond acceptors (Lipinski definition) is 8. The Hall–Kier alpha value is 0.0300. The van der Waals surface area contributed by atoms with Crippen LogP contribution in [-0.4, -0.2) is 12.3 Å². The Bertz CT molecular complexity index is 95.7. The molecule has 64 valence electrons. The van der Waals surface area contributed by atoms with Gasteiger partial charge < -0.3 is 5.21 Å². The highest BCUT2D eigenvalue weighted by Gasteiger charge is 2.07. The topological polar surface area (TPSA) is 138 Å². The van der Waals surface area contributed by atoms with Crippen LogP contribution < -0.4 is 25.8 Å². The number of hydroxylamine groups is 2. The fourth-order valence-corrected chi connectivity index (χ4v) is 0.415. The van der Waals surface area contributed by atoms with Gasteiger partial charge in [0.15, 0.2) is 0 Å². The Morgan fingerprint density at radius 2 is 2.10 bits per heavy atom. The third-order valence-corrected chi connectivity index (χ3v) is 1.24. The van der Waals surface area contributed by atoms with E-state index in [0.717, 1.165) is 7.05 Å². The number of nitrogens with zero attached hydrogens (tertiary/aromatic N) is 1. The number of rotatable bonds is 4. The van der Waals surface area contributed by atoms with Gasteiger partial charge in [-0.05, 0) is 0 Å². The molecule has 0 unspecified atom stereocenters. The molecule has 0 amide bonds. The summed E-state index contributed by atoms with van der Waals surface area (Å²) in [5, 5.41) is 20.6. The van der Waals surface area contributed by atoms with E-state index in [2.05, 4.69) is 4.94 Å². The molecule has 0 aliphatic rings. The Morgan fingerprint density at radius 1 is 1.60 bits per heavy atom. The lowest BCUT2D eigenvalue weighted by molar-refractivity contribution is -0.129. The zero-order valence-corrected chi connectivity index (χ0v) is 6.22. The van der Waals surface area contributed by atoms with Crippen molar-refractivity contribution in [1.29, 1.82) is 0 Å². The highest BCUT2D eigenvalue weighted by Crippen LogP contribution is 2.14. The van der Waals surface area contributed by atoms with Gasteiger partial charge >= 0.3 is 0 Å². The van der Waals surface area contributed by atoms with E-state index in [9.17, 15) is 5.21 Å². The molecule has 0 aromatic rings. The van der Waals surface area contributed by atoms with Crippen molar-refractivity contribution in [2.45, 2.75) is 0 Å². The molecule has 9 heteroatoms. The van der Waals surface area contributed by atoms with Crippen LogP contribution in [0.15, 0.2) is 0 Å². The third kappa shape index (κ3) is 4.87. The number of nitrogens with two attached hydrogens (primary N) is 3. The predicted molar refractivity (Wildman–Crippen MR) is 38.6 cm³/mol. The van der Waals surface area contributed by atoms with Crippen LogP contribution in [0.2, 0.25) is 0 Å². The molecule has 0 spiro atoms. The van der Waals surface area contributed by atoms with E-state index in [1.165, 1.54) is 0 Å². The molecular formula is CH11N6O2S-. The summed E-state index contributed by atoms with van der Waals surface area (Å²) in [6.07, 6.45) is 0. The first-order valence-electron chi connectivity index (χ1n) is 2.18. The van der Waals surface area contributed by atoms with Crippen LogP contribution in [0, 0.1) is 5.21 Å². The molecule has 0 fully saturated rings. The standard InChI is InChI=1S/CH11N6O2S/c1-7(8)9-6-10(3,4)5-2/h5-6H,2-4H2,1H3/q-1. The largest absolute Gasteiger partial charge is 0.761 e. The van der Waals surface area contributed by atoms with E-state index in [1.807, 2.05) is 9.72 Å². The third-order valence-electron chi connectivity index (χ3n) is 0.499. The van der Waals surface area contributed by atoms with E-state index >= 15 is 0 Å². The first-order valence-corrected chi connectivity index (χ1v) is 3.94. The van der Waals surface area contributed by atoms with Crippen molar-refractivity contribution < 1.29 is 4.94 Å². The monoisotopic (exact) mass is 171 g/mol. The summed E-state index contributed by atoms with van der Waals surface area (Å²) in [6, 6.07) is 0. The average Bonchev–Trinajstić information content (AvgIpc) is 1.85. The second kappa shape index (κ2) is 4.02. The van der Waals surface area contributed by atoms with Crippen molar-refractivity contribution in [2.24, 2.45) is 16.1 Å². The molecule has 0 rings (SSSR count). The summed E-state index contributed by atoms with van der Waals surface area (Å²) in [5.74, 6) is 4.87. The van der Waals surface area contributed by atoms with Crippen LogP contribution in [0.4, 0.5) is 0 Å². The van der Waals surface area contributed by atoms with Gasteiger partial charge in [0.2, 0.25) is 0 Å². The average molecular weight is 171 g/mol. The van der Waals surface area contributed by atoms with Crippen molar-refractivity contribution in [3.63, 3.8) is 0 Å². The first kappa shape index (κ1) is 10.0. The lowest BCUT2D eigenvalue weighted by atomic mass is 11.5. The van der Waals surface area contributed by atoms with E-state index in [0.29, 0.717) is 0 Å². The van der Waals surface area contributed by atoms with Crippen LogP contribution in [0.3, 0.4) is 0 Å². The maximum Gasteiger partial charge on any atom is 0.0158 e. The Balaban J connectivity index is 3.46. The highest BCUT2D eigenvalue weighted by atomic mass is 32.3. The Labute approximate surface area is 60.0 Å². The maximum atomic E-state index is 10.1. The SMILES string of the molecule is CN([O-])ONS(N)(N)NN. The number of hydrogen-bond donors (Lipinski definition) is 5. The van der Waals surface area contributed by atoms with Gasteiger partial charge in [-0.25, -0.2) is 10.2 Å². The van der Waals surface area contributed by atoms with Crippen molar-refractivity contribution >= 4 is 10.8 Å². The van der Waals surface area contributed by atoms with Gasteiger partial charge in [-0.15, -0.1) is 4.89 Å². The van der Waals surface area contributed by atoms with Crippen molar-refractivity contribution in [3.05, 3.63) is 5.21 Å². The van der Waals surface area contributed by atoms with Crippen LogP contribution in [0.5, 0.6) is 0 Å². The van der Waals surface area contributed by atoms with Gasteiger partial charge in [-0.3, -0.25) is 16.1 Å². The smallest absolute Gasteiger partial charge is 0.0158 e. The van der Waals surface area contributed by atoms with Crippen molar-refractivity contribution in [1.82, 2.24) is 14.9 Å². The van der Waals surface area contributed by atoms with Gasteiger partial charge in [0, 0.05) is 17.8 Å². The molecule has 0 aromatic carbocycles. The zero-order chi connectivity index (χ0) is 8.20. The quantitative estimate of drug-likeness (QED) is 0.235. The van der Waals surface area contributed by atoms with E-state index < -0.39 is 10.8 Å². The van der Waals surface area contributed by atoms with Crippen LogP contribution in [-0.2, 0) is 4.94 Å². The Kier molecular flexibility index (Phi) is 4.04. The van der Waals surface area contributed by atoms with Gasteiger partial charge in [0.1, 0.15) is 0 Å². The van der Waals surface area contributed by atoms with Crippen molar-refractivity contribution in [2.75, 3.05) is 7.05 Å². The zero-order valence-electron chi connectivity index (χ0n) is 5.40. The lowest BCUT2D eigenvalue weighted by Gasteiger charge is -2.32.